The van der Waals surface area contributed by atoms with Gasteiger partial charge in [-0.3, -0.25) is 0 Å². The molecule has 2 rings (SSSR count). The molecule has 6 nitrogen and oxygen atoms in total. The minimum Gasteiger partial charge on any atom is -0.373 e. The molecular formula is C13H20N6S. The van der Waals surface area contributed by atoms with Gasteiger partial charge in [-0.15, -0.1) is 10.2 Å². The molecule has 0 radical (unpaired) electrons. The predicted octanol–water partition coefficient (Wildman–Crippen LogP) is 2.37. The van der Waals surface area contributed by atoms with Gasteiger partial charge in [0.05, 0.1) is 0 Å². The first-order valence-electron chi connectivity index (χ1n) is 6.65. The molecule has 20 heavy (non-hydrogen) atoms. The van der Waals surface area contributed by atoms with Crippen LogP contribution in [0.25, 0.3) is 0 Å². The molecule has 0 aliphatic carbocycles. The average molecular weight is 292 g/mol. The van der Waals surface area contributed by atoms with Crippen molar-refractivity contribution in [3.8, 4) is 0 Å². The average Bonchev–Trinajstić information content (AvgIpc) is 2.74. The summed E-state index contributed by atoms with van der Waals surface area (Å²) in [5.74, 6) is 2.63. The van der Waals surface area contributed by atoms with Gasteiger partial charge in [-0.05, 0) is 32.0 Å². The lowest BCUT2D eigenvalue weighted by Crippen LogP contribution is -2.05. The predicted molar refractivity (Wildman–Crippen MR) is 80.2 cm³/mol. The molecule has 108 valence electrons. The molecule has 0 bridgehead atoms. The van der Waals surface area contributed by atoms with Gasteiger partial charge in [0.1, 0.15) is 22.5 Å². The fraction of sp³-hybridized carbons (Fsp3) is 0.538. The summed E-state index contributed by atoms with van der Waals surface area (Å²) in [4.78, 5) is 9.18. The van der Waals surface area contributed by atoms with E-state index >= 15 is 0 Å². The van der Waals surface area contributed by atoms with Crippen LogP contribution >= 0.6 is 11.8 Å². The third kappa shape index (κ3) is 2.92. The van der Waals surface area contributed by atoms with Crippen molar-refractivity contribution in [2.75, 3.05) is 12.4 Å². The molecule has 0 aromatic carbocycles. The summed E-state index contributed by atoms with van der Waals surface area (Å²) in [5, 5.41) is 13.2. The SMILES string of the molecule is CCCc1nc(NC)c(C)c(Sc2nnc(C)n2C)n1. The number of rotatable bonds is 5. The first-order valence-corrected chi connectivity index (χ1v) is 7.47. The van der Waals surface area contributed by atoms with Crippen LogP contribution in [0.2, 0.25) is 0 Å². The number of hydrogen-bond donors (Lipinski definition) is 1. The molecule has 0 unspecified atom stereocenters. The molecule has 1 N–H and O–H groups in total. The van der Waals surface area contributed by atoms with Gasteiger partial charge in [0.2, 0.25) is 0 Å². The maximum atomic E-state index is 4.65. The summed E-state index contributed by atoms with van der Waals surface area (Å²) >= 11 is 1.53. The summed E-state index contributed by atoms with van der Waals surface area (Å²) in [7, 11) is 3.84. The topological polar surface area (TPSA) is 68.5 Å². The molecular weight excluding hydrogens is 272 g/mol. The minimum atomic E-state index is 0.841. The van der Waals surface area contributed by atoms with Crippen LogP contribution < -0.4 is 5.32 Å². The highest BCUT2D eigenvalue weighted by molar-refractivity contribution is 7.99. The second-order valence-corrected chi connectivity index (χ2v) is 5.57. The van der Waals surface area contributed by atoms with Gasteiger partial charge >= 0.3 is 0 Å². The smallest absolute Gasteiger partial charge is 0.197 e. The summed E-state index contributed by atoms with van der Waals surface area (Å²) in [6.07, 6.45) is 1.90. The molecule has 0 saturated carbocycles. The molecule has 0 atom stereocenters. The summed E-state index contributed by atoms with van der Waals surface area (Å²) in [6, 6.07) is 0. The van der Waals surface area contributed by atoms with Crippen molar-refractivity contribution in [3.63, 3.8) is 0 Å². The van der Waals surface area contributed by atoms with E-state index in [9.17, 15) is 0 Å². The van der Waals surface area contributed by atoms with E-state index in [1.165, 1.54) is 11.8 Å². The molecule has 2 aromatic heterocycles. The molecule has 0 aliphatic rings. The zero-order valence-electron chi connectivity index (χ0n) is 12.6. The molecule has 2 aromatic rings. The first kappa shape index (κ1) is 14.8. The van der Waals surface area contributed by atoms with E-state index in [1.54, 1.807) is 0 Å². The number of aromatic nitrogens is 5. The van der Waals surface area contributed by atoms with Crippen LogP contribution in [0.3, 0.4) is 0 Å². The van der Waals surface area contributed by atoms with E-state index in [-0.39, 0.29) is 0 Å². The van der Waals surface area contributed by atoms with E-state index < -0.39 is 0 Å². The van der Waals surface area contributed by atoms with Gasteiger partial charge in [0, 0.05) is 26.1 Å². The molecule has 0 saturated heterocycles. The van der Waals surface area contributed by atoms with Gasteiger partial charge in [-0.1, -0.05) is 6.92 Å². The van der Waals surface area contributed by atoms with E-state index in [0.717, 1.165) is 46.1 Å². The Morgan fingerprint density at radius 2 is 1.95 bits per heavy atom. The fourth-order valence-corrected chi connectivity index (χ4v) is 2.71. The fourth-order valence-electron chi connectivity index (χ4n) is 1.78. The molecule has 0 amide bonds. The van der Waals surface area contributed by atoms with E-state index in [0.29, 0.717) is 0 Å². The molecule has 2 heterocycles. The number of nitrogens with one attached hydrogen (secondary N) is 1. The van der Waals surface area contributed by atoms with Gasteiger partial charge in [-0.2, -0.15) is 0 Å². The Morgan fingerprint density at radius 1 is 1.20 bits per heavy atom. The van der Waals surface area contributed by atoms with Crippen LogP contribution in [0, 0.1) is 13.8 Å². The highest BCUT2D eigenvalue weighted by atomic mass is 32.2. The number of anilines is 1. The van der Waals surface area contributed by atoms with Crippen molar-refractivity contribution < 1.29 is 0 Å². The van der Waals surface area contributed by atoms with Crippen LogP contribution in [0.4, 0.5) is 5.82 Å². The lowest BCUT2D eigenvalue weighted by Gasteiger charge is -2.11. The van der Waals surface area contributed by atoms with Gasteiger partial charge in [-0.25, -0.2) is 9.97 Å². The van der Waals surface area contributed by atoms with Gasteiger partial charge in [0.25, 0.3) is 0 Å². The second kappa shape index (κ2) is 6.21. The minimum absolute atomic E-state index is 0.841. The molecule has 0 fully saturated rings. The zero-order valence-corrected chi connectivity index (χ0v) is 13.4. The number of nitrogens with zero attached hydrogens (tertiary/aromatic N) is 5. The zero-order chi connectivity index (χ0) is 14.7. The Labute approximate surface area is 123 Å². The van der Waals surface area contributed by atoms with Crippen molar-refractivity contribution in [2.45, 2.75) is 43.8 Å². The monoisotopic (exact) mass is 292 g/mol. The van der Waals surface area contributed by atoms with Crippen LogP contribution in [0.1, 0.15) is 30.6 Å². The lowest BCUT2D eigenvalue weighted by molar-refractivity contribution is 0.760. The second-order valence-electron chi connectivity index (χ2n) is 4.61. The molecule has 0 spiro atoms. The quantitative estimate of drug-likeness (QED) is 0.853. The summed E-state index contributed by atoms with van der Waals surface area (Å²) < 4.78 is 1.96. The van der Waals surface area contributed by atoms with Crippen molar-refractivity contribution in [3.05, 3.63) is 17.2 Å². The van der Waals surface area contributed by atoms with Crippen LogP contribution in [0.5, 0.6) is 0 Å². The Kier molecular flexibility index (Phi) is 4.59. The third-order valence-corrected chi connectivity index (χ3v) is 4.23. The van der Waals surface area contributed by atoms with Crippen LogP contribution in [-0.2, 0) is 13.5 Å². The Morgan fingerprint density at radius 3 is 2.50 bits per heavy atom. The van der Waals surface area contributed by atoms with Crippen molar-refractivity contribution in [2.24, 2.45) is 7.05 Å². The highest BCUT2D eigenvalue weighted by Crippen LogP contribution is 2.30. The molecule has 0 aliphatic heterocycles. The first-order chi connectivity index (χ1) is 9.56. The van der Waals surface area contributed by atoms with Gasteiger partial charge in [0.15, 0.2) is 5.16 Å². The largest absolute Gasteiger partial charge is 0.373 e. The van der Waals surface area contributed by atoms with Crippen molar-refractivity contribution >= 4 is 17.6 Å². The van der Waals surface area contributed by atoms with Crippen LogP contribution in [-0.4, -0.2) is 31.8 Å². The Hall–Kier alpha value is -1.63. The number of aryl methyl sites for hydroxylation is 2. The summed E-state index contributed by atoms with van der Waals surface area (Å²) in [5.41, 5.74) is 1.04. The maximum absolute atomic E-state index is 4.65. The third-order valence-electron chi connectivity index (χ3n) is 3.10. The molecule has 7 heteroatoms. The lowest BCUT2D eigenvalue weighted by atomic mass is 10.3. The van der Waals surface area contributed by atoms with E-state index in [2.05, 4.69) is 32.4 Å². The Balaban J connectivity index is 2.39. The normalized spacial score (nSPS) is 10.8. The standard InChI is InChI=1S/C13H20N6S/c1-6-7-10-15-11(14-4)8(2)12(16-10)20-13-18-17-9(3)19(13)5/h6-7H2,1-5H3,(H,14,15,16). The van der Waals surface area contributed by atoms with Gasteiger partial charge < -0.3 is 9.88 Å². The highest BCUT2D eigenvalue weighted by Gasteiger charge is 2.14. The van der Waals surface area contributed by atoms with Crippen molar-refractivity contribution in [1.82, 2.24) is 24.7 Å². The summed E-state index contributed by atoms with van der Waals surface area (Å²) in [6.45, 7) is 6.08. The number of hydrogen-bond acceptors (Lipinski definition) is 6. The Bertz CT molecular complexity index is 607. The van der Waals surface area contributed by atoms with E-state index in [1.807, 2.05) is 32.5 Å². The van der Waals surface area contributed by atoms with Crippen LogP contribution in [0.15, 0.2) is 10.2 Å². The van der Waals surface area contributed by atoms with Crippen molar-refractivity contribution in [1.29, 1.82) is 0 Å². The van der Waals surface area contributed by atoms with E-state index in [4.69, 9.17) is 0 Å². The maximum Gasteiger partial charge on any atom is 0.197 e.